The van der Waals surface area contributed by atoms with Crippen LogP contribution in [0.5, 0.6) is 0 Å². The molecule has 136 valence electrons. The van der Waals surface area contributed by atoms with Crippen LogP contribution in [0.25, 0.3) is 22.3 Å². The van der Waals surface area contributed by atoms with Crippen molar-refractivity contribution in [3.8, 4) is 11.4 Å². The Labute approximate surface area is 159 Å². The number of aromatic nitrogens is 2. The van der Waals surface area contributed by atoms with Crippen LogP contribution in [0.15, 0.2) is 53.3 Å². The van der Waals surface area contributed by atoms with Crippen LogP contribution in [-0.4, -0.2) is 33.6 Å². The predicted molar refractivity (Wildman–Crippen MR) is 109 cm³/mol. The highest BCUT2D eigenvalue weighted by Gasteiger charge is 2.17. The highest BCUT2D eigenvalue weighted by Crippen LogP contribution is 2.21. The first kappa shape index (κ1) is 18.6. The van der Waals surface area contributed by atoms with Gasteiger partial charge in [0.15, 0.2) is 0 Å². The van der Waals surface area contributed by atoms with Crippen LogP contribution in [0.2, 0.25) is 5.02 Å². The van der Waals surface area contributed by atoms with Crippen molar-refractivity contribution in [3.63, 3.8) is 0 Å². The lowest BCUT2D eigenvalue weighted by atomic mass is 10.1. The Balaban J connectivity index is 2.20. The van der Waals surface area contributed by atoms with Crippen LogP contribution in [0.3, 0.4) is 0 Å². The molecule has 0 saturated carbocycles. The van der Waals surface area contributed by atoms with Crippen LogP contribution in [0, 0.1) is 0 Å². The lowest BCUT2D eigenvalue weighted by Gasteiger charge is -2.27. The van der Waals surface area contributed by atoms with Crippen LogP contribution in [0.4, 0.5) is 0 Å². The van der Waals surface area contributed by atoms with E-state index in [1.165, 1.54) is 0 Å². The van der Waals surface area contributed by atoms with Crippen molar-refractivity contribution in [1.29, 1.82) is 0 Å². The fourth-order valence-electron chi connectivity index (χ4n) is 3.40. The van der Waals surface area contributed by atoms with Crippen LogP contribution >= 0.6 is 11.6 Å². The SMILES string of the molecule is CCN(CC)C(C)Cn1c(-c2ccccc2)nc2ccc(Cl)cc2c1=O. The molecule has 3 rings (SSSR count). The fraction of sp³-hybridized carbons (Fsp3) is 0.333. The van der Waals surface area contributed by atoms with E-state index in [9.17, 15) is 4.79 Å². The molecular weight excluding hydrogens is 346 g/mol. The van der Waals surface area contributed by atoms with E-state index in [4.69, 9.17) is 16.6 Å². The van der Waals surface area contributed by atoms with E-state index in [1.807, 2.05) is 36.4 Å². The number of benzene rings is 2. The number of hydrogen-bond acceptors (Lipinski definition) is 3. The molecule has 2 aromatic carbocycles. The van der Waals surface area contributed by atoms with E-state index < -0.39 is 0 Å². The van der Waals surface area contributed by atoms with Crippen molar-refractivity contribution in [1.82, 2.24) is 14.5 Å². The number of halogens is 1. The molecule has 0 aliphatic carbocycles. The molecule has 0 N–H and O–H groups in total. The molecule has 0 amide bonds. The van der Waals surface area contributed by atoms with Crippen molar-refractivity contribution in [2.75, 3.05) is 13.1 Å². The van der Waals surface area contributed by atoms with Gasteiger partial charge in [0.1, 0.15) is 5.82 Å². The Morgan fingerprint density at radius 2 is 1.81 bits per heavy atom. The maximum absolute atomic E-state index is 13.3. The lowest BCUT2D eigenvalue weighted by Crippen LogP contribution is -2.39. The van der Waals surface area contributed by atoms with Gasteiger partial charge in [-0.3, -0.25) is 14.3 Å². The van der Waals surface area contributed by atoms with Crippen molar-refractivity contribution in [2.45, 2.75) is 33.4 Å². The third-order valence-corrected chi connectivity index (χ3v) is 5.07. The monoisotopic (exact) mass is 369 g/mol. The predicted octanol–water partition coefficient (Wildman–Crippen LogP) is 4.45. The minimum atomic E-state index is -0.0460. The first-order valence-corrected chi connectivity index (χ1v) is 9.42. The van der Waals surface area contributed by atoms with Gasteiger partial charge in [-0.2, -0.15) is 0 Å². The summed E-state index contributed by atoms with van der Waals surface area (Å²) in [4.78, 5) is 20.4. The first-order chi connectivity index (χ1) is 12.5. The number of nitrogens with zero attached hydrogens (tertiary/aromatic N) is 3. The topological polar surface area (TPSA) is 38.1 Å². The molecule has 0 spiro atoms. The lowest BCUT2D eigenvalue weighted by molar-refractivity contribution is 0.210. The molecule has 0 aliphatic heterocycles. The minimum absolute atomic E-state index is 0.0460. The van der Waals surface area contributed by atoms with Gasteiger partial charge in [0.05, 0.1) is 10.9 Å². The third-order valence-electron chi connectivity index (χ3n) is 4.83. The first-order valence-electron chi connectivity index (χ1n) is 9.04. The summed E-state index contributed by atoms with van der Waals surface area (Å²) in [6.07, 6.45) is 0. The molecule has 0 radical (unpaired) electrons. The Bertz CT molecular complexity index is 949. The normalized spacial score (nSPS) is 12.7. The smallest absolute Gasteiger partial charge is 0.261 e. The fourth-order valence-corrected chi connectivity index (χ4v) is 3.57. The van der Waals surface area contributed by atoms with E-state index in [-0.39, 0.29) is 11.6 Å². The van der Waals surface area contributed by atoms with E-state index in [1.54, 1.807) is 16.7 Å². The number of fused-ring (bicyclic) bond motifs is 1. The molecule has 1 atom stereocenters. The maximum Gasteiger partial charge on any atom is 0.261 e. The second-order valence-corrected chi connectivity index (χ2v) is 6.89. The van der Waals surface area contributed by atoms with Crippen molar-refractivity contribution in [2.24, 2.45) is 0 Å². The molecule has 0 aliphatic rings. The molecule has 26 heavy (non-hydrogen) atoms. The van der Waals surface area contributed by atoms with Gasteiger partial charge < -0.3 is 0 Å². The molecule has 1 heterocycles. The molecule has 1 aromatic heterocycles. The average molecular weight is 370 g/mol. The summed E-state index contributed by atoms with van der Waals surface area (Å²) < 4.78 is 1.79. The standard InChI is InChI=1S/C21H24ClN3O/c1-4-24(5-2)15(3)14-25-20(16-9-7-6-8-10-16)23-19-12-11-17(22)13-18(19)21(25)26/h6-13,15H,4-5,14H2,1-3H3. The van der Waals surface area contributed by atoms with Gasteiger partial charge in [-0.05, 0) is 38.2 Å². The minimum Gasteiger partial charge on any atom is -0.299 e. The van der Waals surface area contributed by atoms with Gasteiger partial charge in [0.25, 0.3) is 5.56 Å². The largest absolute Gasteiger partial charge is 0.299 e. The van der Waals surface area contributed by atoms with Gasteiger partial charge in [0, 0.05) is 23.2 Å². The van der Waals surface area contributed by atoms with E-state index in [0.29, 0.717) is 28.3 Å². The Hall–Kier alpha value is -2.17. The summed E-state index contributed by atoms with van der Waals surface area (Å²) in [5, 5.41) is 1.11. The van der Waals surface area contributed by atoms with E-state index >= 15 is 0 Å². The molecule has 1 unspecified atom stereocenters. The molecule has 3 aromatic rings. The highest BCUT2D eigenvalue weighted by molar-refractivity contribution is 6.31. The number of rotatable bonds is 6. The van der Waals surface area contributed by atoms with Gasteiger partial charge in [0.2, 0.25) is 0 Å². The van der Waals surface area contributed by atoms with E-state index in [2.05, 4.69) is 25.7 Å². The summed E-state index contributed by atoms with van der Waals surface area (Å²) in [6.45, 7) is 8.90. The average Bonchev–Trinajstić information content (AvgIpc) is 2.66. The summed E-state index contributed by atoms with van der Waals surface area (Å²) in [6, 6.07) is 15.4. The Morgan fingerprint density at radius 1 is 1.12 bits per heavy atom. The summed E-state index contributed by atoms with van der Waals surface area (Å²) in [5.41, 5.74) is 1.56. The van der Waals surface area contributed by atoms with Crippen molar-refractivity contribution >= 4 is 22.5 Å². The maximum atomic E-state index is 13.3. The Morgan fingerprint density at radius 3 is 2.46 bits per heavy atom. The van der Waals surface area contributed by atoms with Crippen molar-refractivity contribution in [3.05, 3.63) is 63.9 Å². The van der Waals surface area contributed by atoms with Gasteiger partial charge in [-0.15, -0.1) is 0 Å². The summed E-state index contributed by atoms with van der Waals surface area (Å²) >= 11 is 6.12. The van der Waals surface area contributed by atoms with Crippen LogP contribution in [0.1, 0.15) is 20.8 Å². The van der Waals surface area contributed by atoms with E-state index in [0.717, 1.165) is 18.7 Å². The second-order valence-electron chi connectivity index (χ2n) is 6.45. The zero-order valence-electron chi connectivity index (χ0n) is 15.4. The van der Waals surface area contributed by atoms with Crippen LogP contribution in [-0.2, 0) is 6.54 Å². The van der Waals surface area contributed by atoms with Crippen molar-refractivity contribution < 1.29 is 0 Å². The third kappa shape index (κ3) is 3.67. The summed E-state index contributed by atoms with van der Waals surface area (Å²) in [7, 11) is 0. The van der Waals surface area contributed by atoms with Crippen LogP contribution < -0.4 is 5.56 Å². The molecular formula is C21H24ClN3O. The van der Waals surface area contributed by atoms with Gasteiger partial charge in [-0.25, -0.2) is 4.98 Å². The zero-order chi connectivity index (χ0) is 18.7. The van der Waals surface area contributed by atoms with Gasteiger partial charge >= 0.3 is 0 Å². The number of hydrogen-bond donors (Lipinski definition) is 0. The highest BCUT2D eigenvalue weighted by atomic mass is 35.5. The molecule has 0 bridgehead atoms. The zero-order valence-corrected chi connectivity index (χ0v) is 16.2. The molecule has 4 nitrogen and oxygen atoms in total. The van der Waals surface area contributed by atoms with Gasteiger partial charge in [-0.1, -0.05) is 55.8 Å². The molecule has 0 fully saturated rings. The quantitative estimate of drug-likeness (QED) is 0.644. The second kappa shape index (κ2) is 8.02. The Kier molecular flexibility index (Phi) is 5.74. The number of likely N-dealkylation sites (N-methyl/N-ethyl adjacent to an activating group) is 1. The summed E-state index contributed by atoms with van der Waals surface area (Å²) in [5.74, 6) is 0.699. The molecule has 5 heteroatoms. The molecule has 0 saturated heterocycles.